The summed E-state index contributed by atoms with van der Waals surface area (Å²) < 4.78 is 5.64. The molecular formula is C25H32N2O2. The Hall–Kier alpha value is -2.75. The predicted octanol–water partition coefficient (Wildman–Crippen LogP) is 5.37. The SMILES string of the molecule is C=C(C)COc1cccc(C(=O)NC(C)c2ccc(N3CCCC(C)C3)cc2)c1. The fraction of sp³-hybridized carbons (Fsp3) is 0.400. The third-order valence-electron chi connectivity index (χ3n) is 5.34. The molecule has 2 atom stereocenters. The van der Waals surface area contributed by atoms with Gasteiger partial charge in [-0.05, 0) is 74.1 Å². The number of rotatable bonds is 7. The zero-order valence-electron chi connectivity index (χ0n) is 17.8. The summed E-state index contributed by atoms with van der Waals surface area (Å²) in [6, 6.07) is 15.8. The van der Waals surface area contributed by atoms with Crippen LogP contribution in [-0.2, 0) is 0 Å². The first-order valence-electron chi connectivity index (χ1n) is 10.5. The number of amides is 1. The highest BCUT2D eigenvalue weighted by Gasteiger charge is 2.17. The van der Waals surface area contributed by atoms with Gasteiger partial charge in [0.25, 0.3) is 5.91 Å². The van der Waals surface area contributed by atoms with Crippen molar-refractivity contribution in [1.82, 2.24) is 5.32 Å². The van der Waals surface area contributed by atoms with Gasteiger partial charge in [-0.1, -0.05) is 31.7 Å². The first-order chi connectivity index (χ1) is 13.9. The van der Waals surface area contributed by atoms with E-state index in [1.807, 2.05) is 26.0 Å². The third kappa shape index (κ3) is 5.86. The van der Waals surface area contributed by atoms with E-state index in [4.69, 9.17) is 4.74 Å². The number of piperidine rings is 1. The second-order valence-corrected chi connectivity index (χ2v) is 8.25. The van der Waals surface area contributed by atoms with Crippen LogP contribution in [0.1, 0.15) is 55.6 Å². The minimum absolute atomic E-state index is 0.0724. The van der Waals surface area contributed by atoms with E-state index in [0.717, 1.165) is 30.1 Å². The molecule has 1 N–H and O–H groups in total. The van der Waals surface area contributed by atoms with Crippen LogP contribution >= 0.6 is 0 Å². The Labute approximate surface area is 174 Å². The summed E-state index contributed by atoms with van der Waals surface area (Å²) in [5.41, 5.74) is 3.90. The summed E-state index contributed by atoms with van der Waals surface area (Å²) in [5, 5.41) is 3.08. The molecule has 0 spiro atoms. The van der Waals surface area contributed by atoms with Crippen LogP contribution in [0, 0.1) is 5.92 Å². The molecule has 2 aromatic carbocycles. The van der Waals surface area contributed by atoms with Crippen molar-refractivity contribution in [2.75, 3.05) is 24.6 Å². The van der Waals surface area contributed by atoms with Crippen molar-refractivity contribution in [1.29, 1.82) is 0 Å². The van der Waals surface area contributed by atoms with Gasteiger partial charge >= 0.3 is 0 Å². The molecule has 1 saturated heterocycles. The highest BCUT2D eigenvalue weighted by molar-refractivity contribution is 5.94. The molecule has 4 nitrogen and oxygen atoms in total. The molecule has 1 amide bonds. The average Bonchev–Trinajstić information content (AvgIpc) is 2.72. The zero-order chi connectivity index (χ0) is 20.8. The van der Waals surface area contributed by atoms with Crippen LogP contribution in [0.5, 0.6) is 5.75 Å². The lowest BCUT2D eigenvalue weighted by Gasteiger charge is -2.33. The van der Waals surface area contributed by atoms with Gasteiger partial charge in [0.15, 0.2) is 0 Å². The normalized spacial score (nSPS) is 17.5. The molecule has 2 unspecified atom stereocenters. The van der Waals surface area contributed by atoms with Crippen molar-refractivity contribution in [3.8, 4) is 5.75 Å². The maximum atomic E-state index is 12.7. The van der Waals surface area contributed by atoms with E-state index in [1.165, 1.54) is 18.5 Å². The fourth-order valence-electron chi connectivity index (χ4n) is 3.69. The Morgan fingerprint density at radius 2 is 2.03 bits per heavy atom. The molecule has 1 heterocycles. The van der Waals surface area contributed by atoms with Crippen LogP contribution in [0.3, 0.4) is 0 Å². The van der Waals surface area contributed by atoms with Crippen LogP contribution in [0.2, 0.25) is 0 Å². The van der Waals surface area contributed by atoms with Crippen molar-refractivity contribution in [2.24, 2.45) is 5.92 Å². The molecule has 0 bridgehead atoms. The number of benzene rings is 2. The Morgan fingerprint density at radius 3 is 2.72 bits per heavy atom. The maximum absolute atomic E-state index is 12.7. The summed E-state index contributed by atoms with van der Waals surface area (Å²) in [6.07, 6.45) is 2.57. The largest absolute Gasteiger partial charge is 0.489 e. The second kappa shape index (κ2) is 9.64. The van der Waals surface area contributed by atoms with E-state index in [2.05, 4.69) is 48.0 Å². The average molecular weight is 393 g/mol. The molecule has 1 fully saturated rings. The molecule has 0 aliphatic carbocycles. The topological polar surface area (TPSA) is 41.6 Å². The van der Waals surface area contributed by atoms with E-state index in [1.54, 1.807) is 12.1 Å². The summed E-state index contributed by atoms with van der Waals surface area (Å²) in [5.74, 6) is 1.32. The molecule has 0 radical (unpaired) electrons. The monoisotopic (exact) mass is 392 g/mol. The second-order valence-electron chi connectivity index (χ2n) is 8.25. The van der Waals surface area contributed by atoms with Gasteiger partial charge in [0.2, 0.25) is 0 Å². The Bertz CT molecular complexity index is 844. The molecule has 3 rings (SSSR count). The van der Waals surface area contributed by atoms with E-state index in [0.29, 0.717) is 17.9 Å². The van der Waals surface area contributed by atoms with Crippen LogP contribution in [0.25, 0.3) is 0 Å². The Balaban J connectivity index is 1.61. The molecule has 2 aromatic rings. The molecule has 1 aliphatic rings. The number of carbonyl (C=O) groups excluding carboxylic acids is 1. The quantitative estimate of drug-likeness (QED) is 0.644. The minimum atomic E-state index is -0.104. The lowest BCUT2D eigenvalue weighted by atomic mass is 9.99. The Morgan fingerprint density at radius 1 is 1.28 bits per heavy atom. The van der Waals surface area contributed by atoms with Crippen molar-refractivity contribution in [3.63, 3.8) is 0 Å². The van der Waals surface area contributed by atoms with E-state index >= 15 is 0 Å². The fourth-order valence-corrected chi connectivity index (χ4v) is 3.69. The molecule has 0 aromatic heterocycles. The predicted molar refractivity (Wildman–Crippen MR) is 120 cm³/mol. The number of hydrogen-bond acceptors (Lipinski definition) is 3. The first kappa shape index (κ1) is 21.0. The van der Waals surface area contributed by atoms with Gasteiger partial charge in [0, 0.05) is 24.3 Å². The van der Waals surface area contributed by atoms with Crippen molar-refractivity contribution < 1.29 is 9.53 Å². The number of hydrogen-bond donors (Lipinski definition) is 1. The third-order valence-corrected chi connectivity index (χ3v) is 5.34. The van der Waals surface area contributed by atoms with Crippen molar-refractivity contribution in [3.05, 3.63) is 71.8 Å². The highest BCUT2D eigenvalue weighted by Crippen LogP contribution is 2.25. The molecule has 0 saturated carbocycles. The van der Waals surface area contributed by atoms with Gasteiger partial charge in [0.1, 0.15) is 12.4 Å². The molecular weight excluding hydrogens is 360 g/mol. The molecule has 1 aliphatic heterocycles. The number of carbonyl (C=O) groups is 1. The van der Waals surface area contributed by atoms with Gasteiger partial charge in [-0.25, -0.2) is 0 Å². The van der Waals surface area contributed by atoms with Crippen LogP contribution < -0.4 is 15.0 Å². The zero-order valence-corrected chi connectivity index (χ0v) is 17.8. The Kier molecular flexibility index (Phi) is 6.97. The summed E-state index contributed by atoms with van der Waals surface area (Å²) in [4.78, 5) is 15.1. The van der Waals surface area contributed by atoms with Crippen LogP contribution in [0.4, 0.5) is 5.69 Å². The van der Waals surface area contributed by atoms with Gasteiger partial charge in [-0.15, -0.1) is 0 Å². The lowest BCUT2D eigenvalue weighted by Crippen LogP contribution is -2.34. The summed E-state index contributed by atoms with van der Waals surface area (Å²) in [6.45, 7) is 12.8. The van der Waals surface area contributed by atoms with Gasteiger partial charge in [-0.2, -0.15) is 0 Å². The van der Waals surface area contributed by atoms with Crippen LogP contribution in [0.15, 0.2) is 60.7 Å². The van der Waals surface area contributed by atoms with E-state index in [9.17, 15) is 4.79 Å². The maximum Gasteiger partial charge on any atom is 0.251 e. The highest BCUT2D eigenvalue weighted by atomic mass is 16.5. The molecule has 29 heavy (non-hydrogen) atoms. The number of nitrogens with zero attached hydrogens (tertiary/aromatic N) is 1. The molecule has 154 valence electrons. The number of nitrogens with one attached hydrogen (secondary N) is 1. The lowest BCUT2D eigenvalue weighted by molar-refractivity contribution is 0.0939. The van der Waals surface area contributed by atoms with Gasteiger partial charge in [-0.3, -0.25) is 4.79 Å². The van der Waals surface area contributed by atoms with Crippen molar-refractivity contribution in [2.45, 2.75) is 39.7 Å². The van der Waals surface area contributed by atoms with Gasteiger partial charge in [0.05, 0.1) is 6.04 Å². The van der Waals surface area contributed by atoms with Crippen molar-refractivity contribution >= 4 is 11.6 Å². The number of anilines is 1. The smallest absolute Gasteiger partial charge is 0.251 e. The first-order valence-corrected chi connectivity index (χ1v) is 10.5. The summed E-state index contributed by atoms with van der Waals surface area (Å²) in [7, 11) is 0. The van der Waals surface area contributed by atoms with Gasteiger partial charge < -0.3 is 15.0 Å². The summed E-state index contributed by atoms with van der Waals surface area (Å²) >= 11 is 0. The van der Waals surface area contributed by atoms with E-state index < -0.39 is 0 Å². The number of ether oxygens (including phenoxy) is 1. The van der Waals surface area contributed by atoms with E-state index in [-0.39, 0.29) is 11.9 Å². The minimum Gasteiger partial charge on any atom is -0.489 e. The molecule has 4 heteroatoms. The standard InChI is InChI=1S/C25H32N2O2/c1-18(2)17-29-24-9-5-8-22(15-24)25(28)26-20(4)21-10-12-23(13-11-21)27-14-6-7-19(3)16-27/h5,8-13,15,19-20H,1,6-7,14,16-17H2,2-4H3,(H,26,28). The van der Waals surface area contributed by atoms with Crippen LogP contribution in [-0.4, -0.2) is 25.6 Å².